The van der Waals surface area contributed by atoms with Gasteiger partial charge in [0.15, 0.2) is 5.78 Å². The predicted molar refractivity (Wildman–Crippen MR) is 70.0 cm³/mol. The molecule has 2 N–H and O–H groups in total. The Labute approximate surface area is 103 Å². The van der Waals surface area contributed by atoms with E-state index in [-0.39, 0.29) is 5.78 Å². The minimum atomic E-state index is -0.544. The Kier molecular flexibility index (Phi) is 3.34. The average Bonchev–Trinajstić information content (AvgIpc) is 2.64. The Balaban J connectivity index is 2.12. The number of carbonyl (C=O) groups is 1. The van der Waals surface area contributed by atoms with Crippen molar-refractivity contribution in [1.82, 2.24) is 0 Å². The first-order valence-electron chi connectivity index (χ1n) is 6.39. The van der Waals surface area contributed by atoms with Crippen molar-refractivity contribution in [2.75, 3.05) is 0 Å². The number of hydrogen-bond acceptors (Lipinski definition) is 2. The fourth-order valence-corrected chi connectivity index (χ4v) is 2.82. The Bertz CT molecular complexity index is 410. The SMILES string of the molecule is Cc1cc(C)cc(CC(=O)C2(N)CCCC2)c1. The highest BCUT2D eigenvalue weighted by molar-refractivity contribution is 5.90. The Morgan fingerprint density at radius 2 is 1.71 bits per heavy atom. The van der Waals surface area contributed by atoms with Crippen molar-refractivity contribution >= 4 is 5.78 Å². The second-order valence-electron chi connectivity index (χ2n) is 5.46. The van der Waals surface area contributed by atoms with E-state index in [0.29, 0.717) is 6.42 Å². The van der Waals surface area contributed by atoms with Gasteiger partial charge in [-0.25, -0.2) is 0 Å². The summed E-state index contributed by atoms with van der Waals surface area (Å²) in [6.45, 7) is 4.13. The number of rotatable bonds is 3. The third kappa shape index (κ3) is 2.75. The number of aryl methyl sites for hydroxylation is 2. The first-order valence-corrected chi connectivity index (χ1v) is 6.39. The summed E-state index contributed by atoms with van der Waals surface area (Å²) in [4.78, 5) is 12.2. The topological polar surface area (TPSA) is 43.1 Å². The van der Waals surface area contributed by atoms with E-state index < -0.39 is 5.54 Å². The maximum Gasteiger partial charge on any atom is 0.156 e. The molecule has 0 unspecified atom stereocenters. The minimum Gasteiger partial charge on any atom is -0.319 e. The normalized spacial score (nSPS) is 18.3. The van der Waals surface area contributed by atoms with Crippen molar-refractivity contribution < 1.29 is 4.79 Å². The highest BCUT2D eigenvalue weighted by atomic mass is 16.1. The molecule has 0 amide bonds. The second kappa shape index (κ2) is 4.61. The summed E-state index contributed by atoms with van der Waals surface area (Å²) in [6, 6.07) is 6.30. The Morgan fingerprint density at radius 1 is 1.18 bits per heavy atom. The van der Waals surface area contributed by atoms with Crippen molar-refractivity contribution in [3.05, 3.63) is 34.9 Å². The Morgan fingerprint density at radius 3 is 2.24 bits per heavy atom. The quantitative estimate of drug-likeness (QED) is 0.869. The molecule has 1 aliphatic rings. The molecule has 0 aliphatic heterocycles. The number of nitrogens with two attached hydrogens (primary N) is 1. The fraction of sp³-hybridized carbons (Fsp3) is 0.533. The molecule has 0 spiro atoms. The summed E-state index contributed by atoms with van der Waals surface area (Å²) >= 11 is 0. The fourth-order valence-electron chi connectivity index (χ4n) is 2.82. The van der Waals surface area contributed by atoms with Crippen LogP contribution < -0.4 is 5.73 Å². The van der Waals surface area contributed by atoms with Gasteiger partial charge in [0.2, 0.25) is 0 Å². The molecule has 0 bridgehead atoms. The summed E-state index contributed by atoms with van der Waals surface area (Å²) in [5.74, 6) is 0.208. The van der Waals surface area contributed by atoms with E-state index >= 15 is 0 Å². The zero-order valence-electron chi connectivity index (χ0n) is 10.8. The van der Waals surface area contributed by atoms with E-state index in [1.165, 1.54) is 11.1 Å². The van der Waals surface area contributed by atoms with Gasteiger partial charge in [0.1, 0.15) is 0 Å². The first-order chi connectivity index (χ1) is 7.99. The molecule has 0 heterocycles. The van der Waals surface area contributed by atoms with Gasteiger partial charge in [0.05, 0.1) is 5.54 Å². The number of carbonyl (C=O) groups excluding carboxylic acids is 1. The van der Waals surface area contributed by atoms with Gasteiger partial charge in [-0.15, -0.1) is 0 Å². The zero-order chi connectivity index (χ0) is 12.5. The monoisotopic (exact) mass is 231 g/mol. The predicted octanol–water partition coefficient (Wildman–Crippen LogP) is 2.69. The molecular weight excluding hydrogens is 210 g/mol. The van der Waals surface area contributed by atoms with Crippen LogP contribution in [0.2, 0.25) is 0 Å². The van der Waals surface area contributed by atoms with Gasteiger partial charge in [-0.1, -0.05) is 42.2 Å². The van der Waals surface area contributed by atoms with E-state index in [0.717, 1.165) is 31.2 Å². The lowest BCUT2D eigenvalue weighted by molar-refractivity contribution is -0.123. The van der Waals surface area contributed by atoms with Crippen molar-refractivity contribution in [3.63, 3.8) is 0 Å². The number of hydrogen-bond donors (Lipinski definition) is 1. The number of ketones is 1. The molecule has 1 saturated carbocycles. The van der Waals surface area contributed by atoms with Gasteiger partial charge >= 0.3 is 0 Å². The van der Waals surface area contributed by atoms with Crippen molar-refractivity contribution in [2.24, 2.45) is 5.73 Å². The van der Waals surface area contributed by atoms with Crippen molar-refractivity contribution in [3.8, 4) is 0 Å². The number of benzene rings is 1. The lowest BCUT2D eigenvalue weighted by atomic mass is 9.88. The minimum absolute atomic E-state index is 0.208. The second-order valence-corrected chi connectivity index (χ2v) is 5.46. The largest absolute Gasteiger partial charge is 0.319 e. The van der Waals surface area contributed by atoms with Crippen LogP contribution in [0.1, 0.15) is 42.4 Å². The highest BCUT2D eigenvalue weighted by Crippen LogP contribution is 2.29. The van der Waals surface area contributed by atoms with Gasteiger partial charge in [-0.2, -0.15) is 0 Å². The first kappa shape index (κ1) is 12.3. The lowest BCUT2D eigenvalue weighted by Crippen LogP contribution is -2.46. The molecular formula is C15H21NO. The molecule has 1 aromatic carbocycles. The molecule has 0 saturated heterocycles. The summed E-state index contributed by atoms with van der Waals surface area (Å²) in [5, 5.41) is 0. The van der Waals surface area contributed by atoms with E-state index in [4.69, 9.17) is 5.73 Å². The van der Waals surface area contributed by atoms with Gasteiger partial charge in [0, 0.05) is 6.42 Å². The third-order valence-electron chi connectivity index (χ3n) is 3.70. The van der Waals surface area contributed by atoms with E-state index in [2.05, 4.69) is 32.0 Å². The molecule has 2 heteroatoms. The lowest BCUT2D eigenvalue weighted by Gasteiger charge is -2.21. The third-order valence-corrected chi connectivity index (χ3v) is 3.70. The molecule has 2 rings (SSSR count). The molecule has 0 atom stereocenters. The van der Waals surface area contributed by atoms with Crippen molar-refractivity contribution in [1.29, 1.82) is 0 Å². The smallest absolute Gasteiger partial charge is 0.156 e. The summed E-state index contributed by atoms with van der Waals surface area (Å²) in [7, 11) is 0. The van der Waals surface area contributed by atoms with Crippen LogP contribution in [-0.2, 0) is 11.2 Å². The maximum atomic E-state index is 12.2. The van der Waals surface area contributed by atoms with Gasteiger partial charge in [0.25, 0.3) is 0 Å². The molecule has 1 aliphatic carbocycles. The van der Waals surface area contributed by atoms with Gasteiger partial charge < -0.3 is 5.73 Å². The van der Waals surface area contributed by atoms with Crippen LogP contribution in [0.25, 0.3) is 0 Å². The molecule has 0 aromatic heterocycles. The van der Waals surface area contributed by atoms with E-state index in [1.54, 1.807) is 0 Å². The molecule has 92 valence electrons. The summed E-state index contributed by atoms with van der Waals surface area (Å²) in [6.07, 6.45) is 4.39. The molecule has 1 fully saturated rings. The van der Waals surface area contributed by atoms with Gasteiger partial charge in [-0.3, -0.25) is 4.79 Å². The van der Waals surface area contributed by atoms with Crippen LogP contribution in [0.3, 0.4) is 0 Å². The van der Waals surface area contributed by atoms with Crippen LogP contribution >= 0.6 is 0 Å². The summed E-state index contributed by atoms with van der Waals surface area (Å²) < 4.78 is 0. The van der Waals surface area contributed by atoms with Crippen LogP contribution in [0.5, 0.6) is 0 Å². The highest BCUT2D eigenvalue weighted by Gasteiger charge is 2.36. The summed E-state index contributed by atoms with van der Waals surface area (Å²) in [5.41, 5.74) is 9.16. The van der Waals surface area contributed by atoms with Crippen LogP contribution in [-0.4, -0.2) is 11.3 Å². The van der Waals surface area contributed by atoms with Crippen LogP contribution in [0.4, 0.5) is 0 Å². The van der Waals surface area contributed by atoms with E-state index in [1.807, 2.05) is 0 Å². The average molecular weight is 231 g/mol. The maximum absolute atomic E-state index is 12.2. The number of Topliss-reactive ketones (excluding diaryl/α,β-unsaturated/α-hetero) is 1. The van der Waals surface area contributed by atoms with Crippen molar-refractivity contribution in [2.45, 2.75) is 51.5 Å². The molecule has 0 radical (unpaired) electrons. The van der Waals surface area contributed by atoms with Crippen LogP contribution in [0, 0.1) is 13.8 Å². The zero-order valence-corrected chi connectivity index (χ0v) is 10.8. The van der Waals surface area contributed by atoms with E-state index in [9.17, 15) is 4.79 Å². The van der Waals surface area contributed by atoms with Crippen LogP contribution in [0.15, 0.2) is 18.2 Å². The molecule has 2 nitrogen and oxygen atoms in total. The molecule has 17 heavy (non-hydrogen) atoms. The Hall–Kier alpha value is -1.15. The molecule has 1 aromatic rings. The van der Waals surface area contributed by atoms with Gasteiger partial charge in [-0.05, 0) is 32.3 Å². The standard InChI is InChI=1S/C15H21NO/c1-11-7-12(2)9-13(8-11)10-14(17)15(16)5-3-4-6-15/h7-9H,3-6,10,16H2,1-2H3.